The Morgan fingerprint density at radius 1 is 1.11 bits per heavy atom. The Balaban J connectivity index is 1.58. The highest BCUT2D eigenvalue weighted by Gasteiger charge is 2.69. The second kappa shape index (κ2) is 6.69. The highest BCUT2D eigenvalue weighted by atomic mass is 17.3. The minimum Gasteiger partial charge on any atom is -0.481 e. The molecule has 1 saturated carbocycles. The third-order valence-corrected chi connectivity index (χ3v) is 6.89. The van der Waals surface area contributed by atoms with Gasteiger partial charge in [0.05, 0.1) is 12.8 Å². The maximum absolute atomic E-state index is 12.1. The van der Waals surface area contributed by atoms with Crippen LogP contribution in [0.15, 0.2) is 0 Å². The average Bonchev–Trinajstić information content (AvgIpc) is 2.84. The molecule has 0 aromatic rings. The SMILES string of the molecule is CC1CC[C@H]2[C@@H](C)[C@H](OC(=O)CCC(=O)O)O[C@@H]3O[C@@]4(C)CC[C@@H]1[C@]32OO4. The monoisotopic (exact) mass is 384 g/mol. The lowest BCUT2D eigenvalue weighted by atomic mass is 9.58. The summed E-state index contributed by atoms with van der Waals surface area (Å²) < 4.78 is 17.8. The fraction of sp³-hybridized carbons (Fsp3) is 0.895. The van der Waals surface area contributed by atoms with Crippen LogP contribution in [0.1, 0.15) is 59.3 Å². The fourth-order valence-electron chi connectivity index (χ4n) is 5.40. The Morgan fingerprint density at radius 2 is 1.89 bits per heavy atom. The molecule has 0 radical (unpaired) electrons. The molecule has 8 nitrogen and oxygen atoms in total. The average molecular weight is 384 g/mol. The summed E-state index contributed by atoms with van der Waals surface area (Å²) in [5.41, 5.74) is -0.697. The second-order valence-corrected chi connectivity index (χ2v) is 8.66. The summed E-state index contributed by atoms with van der Waals surface area (Å²) in [7, 11) is 0. The van der Waals surface area contributed by atoms with Crippen LogP contribution in [-0.4, -0.2) is 41.0 Å². The molecule has 1 unspecified atom stereocenters. The van der Waals surface area contributed by atoms with E-state index in [2.05, 4.69) is 6.92 Å². The first-order valence-corrected chi connectivity index (χ1v) is 9.86. The van der Waals surface area contributed by atoms with E-state index in [-0.39, 0.29) is 30.6 Å². The summed E-state index contributed by atoms with van der Waals surface area (Å²) >= 11 is 0. The molecule has 5 fully saturated rings. The van der Waals surface area contributed by atoms with Crippen molar-refractivity contribution in [1.82, 2.24) is 0 Å². The van der Waals surface area contributed by atoms with Crippen LogP contribution in [0.4, 0.5) is 0 Å². The summed E-state index contributed by atoms with van der Waals surface area (Å²) in [6.45, 7) is 6.06. The van der Waals surface area contributed by atoms with E-state index in [1.807, 2.05) is 13.8 Å². The van der Waals surface area contributed by atoms with Crippen molar-refractivity contribution < 1.29 is 38.7 Å². The highest BCUT2D eigenvalue weighted by Crippen LogP contribution is 2.60. The first-order chi connectivity index (χ1) is 12.7. The van der Waals surface area contributed by atoms with Crippen molar-refractivity contribution in [2.75, 3.05) is 0 Å². The summed E-state index contributed by atoms with van der Waals surface area (Å²) in [6.07, 6.45) is 1.72. The van der Waals surface area contributed by atoms with E-state index >= 15 is 0 Å². The van der Waals surface area contributed by atoms with Crippen LogP contribution < -0.4 is 0 Å². The Hall–Kier alpha value is -1.22. The number of aliphatic carboxylic acids is 1. The molecule has 0 aromatic heterocycles. The molecule has 0 aromatic carbocycles. The fourth-order valence-corrected chi connectivity index (χ4v) is 5.40. The van der Waals surface area contributed by atoms with Crippen LogP contribution in [0, 0.1) is 23.7 Å². The molecule has 1 N–H and O–H groups in total. The van der Waals surface area contributed by atoms with Gasteiger partial charge in [0.15, 0.2) is 11.9 Å². The second-order valence-electron chi connectivity index (χ2n) is 8.66. The van der Waals surface area contributed by atoms with Gasteiger partial charge < -0.3 is 19.3 Å². The number of rotatable bonds is 4. The maximum atomic E-state index is 12.1. The molecule has 1 aliphatic carbocycles. The Morgan fingerprint density at radius 3 is 2.63 bits per heavy atom. The predicted molar refractivity (Wildman–Crippen MR) is 89.8 cm³/mol. The molecule has 27 heavy (non-hydrogen) atoms. The van der Waals surface area contributed by atoms with Crippen LogP contribution >= 0.6 is 0 Å². The molecule has 4 heterocycles. The standard InChI is InChI=1S/C19H28O8/c1-10-4-5-13-11(2)16(23-15(22)7-6-14(20)21)24-17-19(13)12(10)8-9-18(3,25-17)26-27-19/h10-13,16-17H,4-9H2,1-3H3,(H,20,21)/t10?,11-,12+,13+,16-,17-,18-,19-/m1/s1. The lowest BCUT2D eigenvalue weighted by Crippen LogP contribution is -2.70. The maximum Gasteiger partial charge on any atom is 0.308 e. The lowest BCUT2D eigenvalue weighted by Gasteiger charge is -2.59. The third kappa shape index (κ3) is 3.06. The van der Waals surface area contributed by atoms with Crippen molar-refractivity contribution in [3.05, 3.63) is 0 Å². The number of esters is 1. The summed E-state index contributed by atoms with van der Waals surface area (Å²) in [4.78, 5) is 34.5. The Kier molecular flexibility index (Phi) is 4.73. The molecule has 1 spiro atoms. The number of carboxylic acid groups (broad SMARTS) is 1. The number of carboxylic acids is 1. The van der Waals surface area contributed by atoms with Crippen molar-refractivity contribution in [3.63, 3.8) is 0 Å². The van der Waals surface area contributed by atoms with Crippen LogP contribution in [0.3, 0.4) is 0 Å². The summed E-state index contributed by atoms with van der Waals surface area (Å²) in [6, 6.07) is 0. The van der Waals surface area contributed by atoms with E-state index in [1.165, 1.54) is 0 Å². The van der Waals surface area contributed by atoms with Gasteiger partial charge in [0.25, 0.3) is 0 Å². The number of hydrogen-bond acceptors (Lipinski definition) is 7. The van der Waals surface area contributed by atoms with Gasteiger partial charge in [-0.05, 0) is 38.0 Å². The van der Waals surface area contributed by atoms with Gasteiger partial charge in [-0.25, -0.2) is 9.78 Å². The molecule has 152 valence electrons. The van der Waals surface area contributed by atoms with E-state index < -0.39 is 35.9 Å². The van der Waals surface area contributed by atoms with Crippen LogP contribution in [0.2, 0.25) is 0 Å². The minimum atomic E-state index is -1.03. The number of fused-ring (bicyclic) bond motifs is 2. The zero-order chi connectivity index (χ0) is 19.4. The van der Waals surface area contributed by atoms with Gasteiger partial charge in [-0.15, -0.1) is 0 Å². The lowest BCUT2D eigenvalue weighted by molar-refractivity contribution is -0.576. The molecule has 4 saturated heterocycles. The number of hydrogen-bond donors (Lipinski definition) is 1. The molecular formula is C19H28O8. The first-order valence-electron chi connectivity index (χ1n) is 9.86. The van der Waals surface area contributed by atoms with E-state index in [1.54, 1.807) is 0 Å². The molecule has 4 aliphatic heterocycles. The first kappa shape index (κ1) is 19.1. The Labute approximate surface area is 158 Å². The topological polar surface area (TPSA) is 101 Å². The van der Waals surface area contributed by atoms with Gasteiger partial charge in [-0.1, -0.05) is 13.8 Å². The van der Waals surface area contributed by atoms with Crippen molar-refractivity contribution in [2.45, 2.75) is 83.3 Å². The predicted octanol–water partition coefficient (Wildman–Crippen LogP) is 2.60. The minimum absolute atomic E-state index is 0.0670. The van der Waals surface area contributed by atoms with Gasteiger partial charge in [0.2, 0.25) is 12.1 Å². The number of carbonyl (C=O) groups excluding carboxylic acids is 1. The summed E-state index contributed by atoms with van der Waals surface area (Å²) in [5.74, 6) is -1.82. The van der Waals surface area contributed by atoms with E-state index in [9.17, 15) is 9.59 Å². The van der Waals surface area contributed by atoms with Gasteiger partial charge in [0, 0.05) is 18.3 Å². The zero-order valence-corrected chi connectivity index (χ0v) is 16.0. The van der Waals surface area contributed by atoms with Crippen molar-refractivity contribution in [3.8, 4) is 0 Å². The van der Waals surface area contributed by atoms with E-state index in [4.69, 9.17) is 29.1 Å². The normalized spacial score (nSPS) is 48.4. The van der Waals surface area contributed by atoms with Gasteiger partial charge >= 0.3 is 11.9 Å². The third-order valence-electron chi connectivity index (χ3n) is 6.89. The van der Waals surface area contributed by atoms with Gasteiger partial charge in [-0.2, -0.15) is 0 Å². The largest absolute Gasteiger partial charge is 0.481 e. The van der Waals surface area contributed by atoms with Crippen molar-refractivity contribution in [1.29, 1.82) is 0 Å². The zero-order valence-electron chi connectivity index (χ0n) is 16.0. The Bertz CT molecular complexity index is 623. The molecule has 5 aliphatic rings. The molecule has 8 atom stereocenters. The van der Waals surface area contributed by atoms with Gasteiger partial charge in [-0.3, -0.25) is 9.59 Å². The number of ether oxygens (including phenoxy) is 3. The molecule has 2 bridgehead atoms. The smallest absolute Gasteiger partial charge is 0.308 e. The molecule has 5 rings (SSSR count). The molecule has 8 heteroatoms. The molecular weight excluding hydrogens is 356 g/mol. The number of carbonyl (C=O) groups is 2. The van der Waals surface area contributed by atoms with Crippen LogP contribution in [0.5, 0.6) is 0 Å². The quantitative estimate of drug-likeness (QED) is 0.583. The van der Waals surface area contributed by atoms with Crippen molar-refractivity contribution >= 4 is 11.9 Å². The van der Waals surface area contributed by atoms with Crippen LogP contribution in [-0.2, 0) is 33.6 Å². The van der Waals surface area contributed by atoms with E-state index in [0.717, 1.165) is 19.3 Å². The van der Waals surface area contributed by atoms with Gasteiger partial charge in [0.1, 0.15) is 0 Å². The summed E-state index contributed by atoms with van der Waals surface area (Å²) in [5, 5.41) is 8.76. The van der Waals surface area contributed by atoms with Crippen LogP contribution in [0.25, 0.3) is 0 Å². The van der Waals surface area contributed by atoms with E-state index in [0.29, 0.717) is 12.3 Å². The van der Waals surface area contributed by atoms with Crippen molar-refractivity contribution in [2.24, 2.45) is 23.7 Å². The molecule has 0 amide bonds. The highest BCUT2D eigenvalue weighted by molar-refractivity contribution is 5.76.